The van der Waals surface area contributed by atoms with E-state index < -0.39 is 0 Å². The summed E-state index contributed by atoms with van der Waals surface area (Å²) in [5, 5.41) is 8.30. The molecular weight excluding hydrogens is 316 g/mol. The molecule has 2 heterocycles. The average molecular weight is 342 g/mol. The third-order valence-electron chi connectivity index (χ3n) is 4.91. The van der Waals surface area contributed by atoms with Gasteiger partial charge < -0.3 is 14.2 Å². The molecule has 6 nitrogen and oxygen atoms in total. The van der Waals surface area contributed by atoms with Crippen LogP contribution in [0.3, 0.4) is 0 Å². The van der Waals surface area contributed by atoms with Crippen LogP contribution in [0.15, 0.2) is 30.6 Å². The van der Waals surface area contributed by atoms with Crippen LogP contribution in [0.5, 0.6) is 5.75 Å². The quantitative estimate of drug-likeness (QED) is 0.810. The van der Waals surface area contributed by atoms with Gasteiger partial charge >= 0.3 is 0 Å². The van der Waals surface area contributed by atoms with E-state index in [0.29, 0.717) is 12.3 Å². The number of ether oxygens (including phenoxy) is 1. The van der Waals surface area contributed by atoms with Gasteiger partial charge in [-0.3, -0.25) is 4.79 Å². The van der Waals surface area contributed by atoms with Crippen LogP contribution in [0.1, 0.15) is 43.5 Å². The van der Waals surface area contributed by atoms with E-state index in [4.69, 9.17) is 4.74 Å². The topological polar surface area (TPSA) is 60.2 Å². The molecule has 134 valence electrons. The number of nitrogens with zero attached hydrogens (tertiary/aromatic N) is 4. The standard InChI is InChI=1S/C19H26N4O2/c1-3-22-14-20-21-19(22)16-5-4-12-23(13-16)18(24)11-8-15-6-9-17(25-2)10-7-15/h6-7,9-10,14,16H,3-5,8,11-13H2,1-2H3/t16-/m0/s1. The Hall–Kier alpha value is -2.37. The van der Waals surface area contributed by atoms with Crippen molar-refractivity contribution in [2.75, 3.05) is 20.2 Å². The Morgan fingerprint density at radius 3 is 2.84 bits per heavy atom. The number of benzene rings is 1. The lowest BCUT2D eigenvalue weighted by molar-refractivity contribution is -0.132. The van der Waals surface area contributed by atoms with Crippen molar-refractivity contribution >= 4 is 5.91 Å². The van der Waals surface area contributed by atoms with E-state index in [0.717, 1.165) is 56.0 Å². The molecule has 0 unspecified atom stereocenters. The summed E-state index contributed by atoms with van der Waals surface area (Å²) < 4.78 is 7.25. The second-order valence-electron chi connectivity index (χ2n) is 6.50. The Balaban J connectivity index is 1.56. The normalized spacial score (nSPS) is 17.5. The minimum absolute atomic E-state index is 0.225. The molecule has 0 aliphatic carbocycles. The lowest BCUT2D eigenvalue weighted by Crippen LogP contribution is -2.39. The summed E-state index contributed by atoms with van der Waals surface area (Å²) >= 11 is 0. The number of aryl methyl sites for hydroxylation is 2. The fourth-order valence-corrected chi connectivity index (χ4v) is 3.44. The van der Waals surface area contributed by atoms with Gasteiger partial charge in [0.2, 0.25) is 5.91 Å². The van der Waals surface area contributed by atoms with Crippen molar-refractivity contribution in [3.8, 4) is 5.75 Å². The minimum atomic E-state index is 0.225. The van der Waals surface area contributed by atoms with Crippen LogP contribution in [0, 0.1) is 0 Å². The maximum absolute atomic E-state index is 12.6. The number of methoxy groups -OCH3 is 1. The van der Waals surface area contributed by atoms with Gasteiger partial charge in [-0.2, -0.15) is 0 Å². The molecule has 1 atom stereocenters. The fraction of sp³-hybridized carbons (Fsp3) is 0.526. The van der Waals surface area contributed by atoms with Crippen LogP contribution in [0.25, 0.3) is 0 Å². The third kappa shape index (κ3) is 4.18. The van der Waals surface area contributed by atoms with Crippen LogP contribution in [0.2, 0.25) is 0 Å². The second kappa shape index (κ2) is 8.14. The van der Waals surface area contributed by atoms with Crippen molar-refractivity contribution < 1.29 is 9.53 Å². The fourth-order valence-electron chi connectivity index (χ4n) is 3.44. The van der Waals surface area contributed by atoms with Gasteiger partial charge in [-0.15, -0.1) is 10.2 Å². The highest BCUT2D eigenvalue weighted by molar-refractivity contribution is 5.76. The highest BCUT2D eigenvalue weighted by Crippen LogP contribution is 2.26. The first-order chi connectivity index (χ1) is 12.2. The van der Waals surface area contributed by atoms with Crippen LogP contribution < -0.4 is 4.74 Å². The van der Waals surface area contributed by atoms with Crippen molar-refractivity contribution in [3.05, 3.63) is 42.0 Å². The highest BCUT2D eigenvalue weighted by Gasteiger charge is 2.27. The Morgan fingerprint density at radius 1 is 1.32 bits per heavy atom. The van der Waals surface area contributed by atoms with Crippen molar-refractivity contribution in [1.82, 2.24) is 19.7 Å². The molecule has 0 bridgehead atoms. The Bertz CT molecular complexity index is 696. The maximum Gasteiger partial charge on any atom is 0.222 e. The maximum atomic E-state index is 12.6. The van der Waals surface area contributed by atoms with E-state index in [1.807, 2.05) is 29.2 Å². The summed E-state index contributed by atoms with van der Waals surface area (Å²) in [7, 11) is 1.66. The van der Waals surface area contributed by atoms with Gasteiger partial charge in [-0.1, -0.05) is 12.1 Å². The van der Waals surface area contributed by atoms with Crippen molar-refractivity contribution in [2.45, 2.75) is 45.1 Å². The first kappa shape index (κ1) is 17.5. The number of likely N-dealkylation sites (tertiary alicyclic amines) is 1. The van der Waals surface area contributed by atoms with Gasteiger partial charge in [0.15, 0.2) is 0 Å². The molecule has 25 heavy (non-hydrogen) atoms. The lowest BCUT2D eigenvalue weighted by Gasteiger charge is -2.32. The first-order valence-corrected chi connectivity index (χ1v) is 8.99. The zero-order chi connectivity index (χ0) is 17.6. The molecule has 0 spiro atoms. The number of carbonyl (C=O) groups is 1. The highest BCUT2D eigenvalue weighted by atomic mass is 16.5. The molecule has 1 aromatic heterocycles. The summed E-state index contributed by atoms with van der Waals surface area (Å²) in [6.07, 6.45) is 5.17. The van der Waals surface area contributed by atoms with E-state index in [1.165, 1.54) is 0 Å². The number of aromatic nitrogens is 3. The first-order valence-electron chi connectivity index (χ1n) is 8.99. The van der Waals surface area contributed by atoms with Gasteiger partial charge in [0.25, 0.3) is 0 Å². The molecule has 0 radical (unpaired) electrons. The molecule has 3 rings (SSSR count). The van der Waals surface area contributed by atoms with E-state index in [1.54, 1.807) is 13.4 Å². The predicted octanol–water partition coefficient (Wildman–Crippen LogP) is 2.65. The number of amides is 1. The average Bonchev–Trinajstić information content (AvgIpc) is 3.15. The molecule has 1 aromatic carbocycles. The molecule has 1 aliphatic heterocycles. The van der Waals surface area contributed by atoms with E-state index in [-0.39, 0.29) is 5.91 Å². The Kier molecular flexibility index (Phi) is 5.68. The smallest absolute Gasteiger partial charge is 0.222 e. The number of carbonyl (C=O) groups excluding carboxylic acids is 1. The molecule has 0 N–H and O–H groups in total. The molecule has 6 heteroatoms. The van der Waals surface area contributed by atoms with Crippen LogP contribution in [0.4, 0.5) is 0 Å². The summed E-state index contributed by atoms with van der Waals surface area (Å²) in [5.41, 5.74) is 1.16. The van der Waals surface area contributed by atoms with Gasteiger partial charge in [0.1, 0.15) is 17.9 Å². The molecule has 1 saturated heterocycles. The molecule has 0 saturated carbocycles. The van der Waals surface area contributed by atoms with E-state index >= 15 is 0 Å². The van der Waals surface area contributed by atoms with Gasteiger partial charge in [0, 0.05) is 32.0 Å². The number of rotatable bonds is 6. The Morgan fingerprint density at radius 2 is 2.12 bits per heavy atom. The zero-order valence-electron chi connectivity index (χ0n) is 15.0. The van der Waals surface area contributed by atoms with Crippen molar-refractivity contribution in [1.29, 1.82) is 0 Å². The lowest BCUT2D eigenvalue weighted by atomic mass is 9.96. The molecule has 1 fully saturated rings. The van der Waals surface area contributed by atoms with Crippen molar-refractivity contribution in [2.24, 2.45) is 0 Å². The SMILES string of the molecule is CCn1cnnc1[C@H]1CCCN(C(=O)CCc2ccc(OC)cc2)C1. The van der Waals surface area contributed by atoms with Gasteiger partial charge in [-0.25, -0.2) is 0 Å². The minimum Gasteiger partial charge on any atom is -0.497 e. The number of piperidine rings is 1. The van der Waals surface area contributed by atoms with Gasteiger partial charge in [0.05, 0.1) is 7.11 Å². The molecule has 1 aliphatic rings. The van der Waals surface area contributed by atoms with Crippen LogP contribution in [-0.4, -0.2) is 45.8 Å². The van der Waals surface area contributed by atoms with Gasteiger partial charge in [-0.05, 0) is 43.9 Å². The van der Waals surface area contributed by atoms with E-state index in [2.05, 4.69) is 21.7 Å². The Labute approximate surface area is 148 Å². The number of hydrogen-bond acceptors (Lipinski definition) is 4. The molecule has 2 aromatic rings. The third-order valence-corrected chi connectivity index (χ3v) is 4.91. The number of hydrogen-bond donors (Lipinski definition) is 0. The summed E-state index contributed by atoms with van der Waals surface area (Å²) in [6.45, 7) is 4.55. The van der Waals surface area contributed by atoms with Crippen LogP contribution in [-0.2, 0) is 17.8 Å². The second-order valence-corrected chi connectivity index (χ2v) is 6.50. The largest absolute Gasteiger partial charge is 0.497 e. The summed E-state index contributed by atoms with van der Waals surface area (Å²) in [6, 6.07) is 7.92. The summed E-state index contributed by atoms with van der Waals surface area (Å²) in [4.78, 5) is 14.6. The predicted molar refractivity (Wildman–Crippen MR) is 95.6 cm³/mol. The summed E-state index contributed by atoms with van der Waals surface area (Å²) in [5.74, 6) is 2.37. The molecular formula is C19H26N4O2. The van der Waals surface area contributed by atoms with E-state index in [9.17, 15) is 4.79 Å². The van der Waals surface area contributed by atoms with Crippen LogP contribution >= 0.6 is 0 Å². The van der Waals surface area contributed by atoms with Crippen molar-refractivity contribution in [3.63, 3.8) is 0 Å². The zero-order valence-corrected chi connectivity index (χ0v) is 15.0. The monoisotopic (exact) mass is 342 g/mol. The molecule has 1 amide bonds.